The van der Waals surface area contributed by atoms with E-state index in [1.807, 2.05) is 6.92 Å². The predicted octanol–water partition coefficient (Wildman–Crippen LogP) is 8.31. The summed E-state index contributed by atoms with van der Waals surface area (Å²) in [5.41, 5.74) is 0. The van der Waals surface area contributed by atoms with E-state index in [4.69, 9.17) is 4.74 Å². The summed E-state index contributed by atoms with van der Waals surface area (Å²) < 4.78 is 5.03. The second-order valence-corrected chi connectivity index (χ2v) is 8.37. The first-order valence-corrected chi connectivity index (χ1v) is 12.5. The molecule has 0 heterocycles. The average molecular weight is 409 g/mol. The zero-order chi connectivity index (χ0) is 21.6. The Labute approximate surface area is 181 Å². The number of carbonyl (C=O) groups excluding carboxylic acids is 2. The van der Waals surface area contributed by atoms with Crippen LogP contribution in [0, 0.1) is 5.92 Å². The molecule has 0 saturated heterocycles. The Bertz CT molecular complexity index is 414. The van der Waals surface area contributed by atoms with E-state index in [1.165, 1.54) is 64.2 Å². The summed E-state index contributed by atoms with van der Waals surface area (Å²) in [5, 5.41) is 0. The van der Waals surface area contributed by atoms with Crippen molar-refractivity contribution in [1.82, 2.24) is 0 Å². The van der Waals surface area contributed by atoms with Crippen molar-refractivity contribution >= 4 is 11.9 Å². The van der Waals surface area contributed by atoms with Gasteiger partial charge in [0.25, 0.3) is 0 Å². The summed E-state index contributed by atoms with van der Waals surface area (Å²) in [6.45, 7) is 6.35. The first-order valence-electron chi connectivity index (χ1n) is 12.5. The molecule has 0 rings (SSSR count). The van der Waals surface area contributed by atoms with E-state index in [0.717, 1.165) is 44.9 Å². The third-order valence-electron chi connectivity index (χ3n) is 5.59. The zero-order valence-corrected chi connectivity index (χ0v) is 19.7. The van der Waals surface area contributed by atoms with Gasteiger partial charge in [-0.15, -0.1) is 0 Å². The van der Waals surface area contributed by atoms with E-state index in [9.17, 15) is 9.59 Å². The minimum Gasteiger partial charge on any atom is -0.393 e. The topological polar surface area (TPSA) is 43.4 Å². The van der Waals surface area contributed by atoms with Crippen molar-refractivity contribution < 1.29 is 14.3 Å². The van der Waals surface area contributed by atoms with Crippen molar-refractivity contribution in [3.63, 3.8) is 0 Å². The number of unbranched alkanes of at least 4 members (excludes halogenated alkanes) is 12. The number of hydrogen-bond donors (Lipinski definition) is 0. The van der Waals surface area contributed by atoms with Crippen LogP contribution in [0.4, 0.5) is 0 Å². The maximum absolute atomic E-state index is 12.0. The molecule has 0 aromatic heterocycles. The standard InChI is InChI=1S/C26H48O3/c1-4-7-9-10-11-12-13-14-15-16-17-18-19-20-21-23-25(27)29-26(28)24(6-3)22-8-5-2/h14-15,24H,4-13,16-23H2,1-3H3/b15-14-. The lowest BCUT2D eigenvalue weighted by Gasteiger charge is -2.12. The van der Waals surface area contributed by atoms with Crippen molar-refractivity contribution in [3.05, 3.63) is 12.2 Å². The number of esters is 2. The summed E-state index contributed by atoms with van der Waals surface area (Å²) >= 11 is 0. The van der Waals surface area contributed by atoms with Crippen LogP contribution in [0.5, 0.6) is 0 Å². The van der Waals surface area contributed by atoms with Crippen molar-refractivity contribution in [2.24, 2.45) is 5.92 Å². The molecule has 1 unspecified atom stereocenters. The highest BCUT2D eigenvalue weighted by molar-refractivity contribution is 5.86. The maximum Gasteiger partial charge on any atom is 0.316 e. The molecule has 0 aliphatic carbocycles. The van der Waals surface area contributed by atoms with Gasteiger partial charge in [-0.25, -0.2) is 0 Å². The molecule has 0 spiro atoms. The summed E-state index contributed by atoms with van der Waals surface area (Å²) in [6.07, 6.45) is 24.7. The van der Waals surface area contributed by atoms with Gasteiger partial charge < -0.3 is 4.74 Å². The average Bonchev–Trinajstić information content (AvgIpc) is 2.71. The third-order valence-corrected chi connectivity index (χ3v) is 5.59. The molecule has 29 heavy (non-hydrogen) atoms. The molecular formula is C26H48O3. The van der Waals surface area contributed by atoms with Gasteiger partial charge >= 0.3 is 11.9 Å². The monoisotopic (exact) mass is 408 g/mol. The van der Waals surface area contributed by atoms with Crippen LogP contribution >= 0.6 is 0 Å². The van der Waals surface area contributed by atoms with Gasteiger partial charge in [-0.2, -0.15) is 0 Å². The highest BCUT2D eigenvalue weighted by Gasteiger charge is 2.20. The number of rotatable bonds is 20. The first-order chi connectivity index (χ1) is 14.2. The van der Waals surface area contributed by atoms with E-state index < -0.39 is 0 Å². The van der Waals surface area contributed by atoms with E-state index in [1.54, 1.807) is 0 Å². The summed E-state index contributed by atoms with van der Waals surface area (Å²) in [7, 11) is 0. The van der Waals surface area contributed by atoms with Gasteiger partial charge in [-0.05, 0) is 44.9 Å². The van der Waals surface area contributed by atoms with Crippen molar-refractivity contribution in [3.8, 4) is 0 Å². The van der Waals surface area contributed by atoms with Gasteiger partial charge in [0, 0.05) is 6.42 Å². The highest BCUT2D eigenvalue weighted by atomic mass is 16.6. The molecule has 0 fully saturated rings. The fraction of sp³-hybridized carbons (Fsp3) is 0.846. The van der Waals surface area contributed by atoms with Crippen LogP contribution in [0.25, 0.3) is 0 Å². The van der Waals surface area contributed by atoms with Gasteiger partial charge in [0.15, 0.2) is 0 Å². The van der Waals surface area contributed by atoms with Crippen LogP contribution in [0.1, 0.15) is 136 Å². The summed E-state index contributed by atoms with van der Waals surface area (Å²) in [5.74, 6) is -0.783. The Balaban J connectivity index is 3.50. The summed E-state index contributed by atoms with van der Waals surface area (Å²) in [6, 6.07) is 0. The molecule has 0 saturated carbocycles. The number of carbonyl (C=O) groups is 2. The molecule has 3 heteroatoms. The molecule has 0 aromatic carbocycles. The lowest BCUT2D eigenvalue weighted by Crippen LogP contribution is -2.20. The van der Waals surface area contributed by atoms with Crippen molar-refractivity contribution in [2.45, 2.75) is 136 Å². The highest BCUT2D eigenvalue weighted by Crippen LogP contribution is 2.15. The SMILES string of the molecule is CCCCCCCC/C=C\CCCCCCCC(=O)OC(=O)C(CC)CCCC. The molecule has 0 amide bonds. The Morgan fingerprint density at radius 2 is 1.21 bits per heavy atom. The van der Waals surface area contributed by atoms with Gasteiger partial charge in [-0.3, -0.25) is 9.59 Å². The second kappa shape index (κ2) is 21.6. The Morgan fingerprint density at radius 1 is 0.690 bits per heavy atom. The maximum atomic E-state index is 12.0. The lowest BCUT2D eigenvalue weighted by molar-refractivity contribution is -0.163. The Kier molecular flexibility index (Phi) is 20.8. The van der Waals surface area contributed by atoms with Crippen LogP contribution in [0.2, 0.25) is 0 Å². The first kappa shape index (κ1) is 27.9. The van der Waals surface area contributed by atoms with Crippen LogP contribution in [0.3, 0.4) is 0 Å². The summed E-state index contributed by atoms with van der Waals surface area (Å²) in [4.78, 5) is 23.8. The Morgan fingerprint density at radius 3 is 1.76 bits per heavy atom. The van der Waals surface area contributed by atoms with Gasteiger partial charge in [0.1, 0.15) is 0 Å². The fourth-order valence-corrected chi connectivity index (χ4v) is 3.53. The van der Waals surface area contributed by atoms with Crippen LogP contribution < -0.4 is 0 Å². The Hall–Kier alpha value is -1.12. The van der Waals surface area contributed by atoms with Gasteiger partial charge in [0.2, 0.25) is 0 Å². The molecule has 0 radical (unpaired) electrons. The number of allylic oxidation sites excluding steroid dienone is 2. The minimum atomic E-state index is -0.345. The van der Waals surface area contributed by atoms with Crippen LogP contribution in [-0.4, -0.2) is 11.9 Å². The lowest BCUT2D eigenvalue weighted by atomic mass is 10.00. The van der Waals surface area contributed by atoms with E-state index >= 15 is 0 Å². The van der Waals surface area contributed by atoms with Crippen LogP contribution in [0.15, 0.2) is 12.2 Å². The van der Waals surface area contributed by atoms with E-state index in [0.29, 0.717) is 6.42 Å². The smallest absolute Gasteiger partial charge is 0.316 e. The molecule has 0 aliphatic rings. The molecule has 1 atom stereocenters. The van der Waals surface area contributed by atoms with Gasteiger partial charge in [-0.1, -0.05) is 97.1 Å². The van der Waals surface area contributed by atoms with Crippen molar-refractivity contribution in [2.75, 3.05) is 0 Å². The molecule has 0 bridgehead atoms. The molecule has 0 aliphatic heterocycles. The van der Waals surface area contributed by atoms with E-state index in [2.05, 4.69) is 26.0 Å². The van der Waals surface area contributed by atoms with Gasteiger partial charge in [0.05, 0.1) is 5.92 Å². The molecule has 3 nitrogen and oxygen atoms in total. The zero-order valence-electron chi connectivity index (χ0n) is 19.7. The molecule has 0 aromatic rings. The number of hydrogen-bond acceptors (Lipinski definition) is 3. The van der Waals surface area contributed by atoms with Crippen LogP contribution in [-0.2, 0) is 14.3 Å². The third kappa shape index (κ3) is 18.6. The molecular weight excluding hydrogens is 360 g/mol. The minimum absolute atomic E-state index is 0.118. The number of ether oxygens (including phenoxy) is 1. The molecule has 170 valence electrons. The predicted molar refractivity (Wildman–Crippen MR) is 124 cm³/mol. The largest absolute Gasteiger partial charge is 0.393 e. The molecule has 0 N–H and O–H groups in total. The van der Waals surface area contributed by atoms with E-state index in [-0.39, 0.29) is 17.9 Å². The second-order valence-electron chi connectivity index (χ2n) is 8.37. The normalized spacial score (nSPS) is 12.4. The quantitative estimate of drug-likeness (QED) is 0.0880. The fourth-order valence-electron chi connectivity index (χ4n) is 3.53. The van der Waals surface area contributed by atoms with Crippen molar-refractivity contribution in [1.29, 1.82) is 0 Å².